The lowest BCUT2D eigenvalue weighted by Gasteiger charge is -2.31. The molecule has 1 aromatic heterocycles. The fourth-order valence-corrected chi connectivity index (χ4v) is 3.42. The van der Waals surface area contributed by atoms with Gasteiger partial charge in [0.15, 0.2) is 0 Å². The van der Waals surface area contributed by atoms with Gasteiger partial charge in [-0.25, -0.2) is 0 Å². The molecular formula is C21H23N3O4. The molecule has 7 nitrogen and oxygen atoms in total. The first-order valence-corrected chi connectivity index (χ1v) is 9.63. The Morgan fingerprint density at radius 2 is 1.50 bits per heavy atom. The molecule has 2 aliphatic rings. The van der Waals surface area contributed by atoms with E-state index in [1.54, 1.807) is 17.0 Å². The average molecular weight is 381 g/mol. The minimum absolute atomic E-state index is 0.0399. The molecule has 1 aliphatic heterocycles. The van der Waals surface area contributed by atoms with Crippen molar-refractivity contribution in [2.45, 2.75) is 25.7 Å². The van der Waals surface area contributed by atoms with Crippen LogP contribution >= 0.6 is 0 Å². The Kier molecular flexibility index (Phi) is 5.14. The molecule has 1 aromatic carbocycles. The van der Waals surface area contributed by atoms with Crippen molar-refractivity contribution >= 4 is 29.1 Å². The first-order chi connectivity index (χ1) is 13.6. The summed E-state index contributed by atoms with van der Waals surface area (Å²) in [7, 11) is 0. The number of carbonyl (C=O) groups excluding carboxylic acids is 3. The van der Waals surface area contributed by atoms with Gasteiger partial charge < -0.3 is 20.0 Å². The maximum atomic E-state index is 12.6. The number of nitrogens with zero attached hydrogens (tertiary/aromatic N) is 1. The second kappa shape index (κ2) is 7.88. The van der Waals surface area contributed by atoms with Crippen LogP contribution in [0, 0.1) is 11.8 Å². The van der Waals surface area contributed by atoms with Crippen LogP contribution in [0.25, 0.3) is 0 Å². The molecular weight excluding hydrogens is 358 g/mol. The van der Waals surface area contributed by atoms with Crippen LogP contribution in [0.15, 0.2) is 47.3 Å². The van der Waals surface area contributed by atoms with E-state index in [1.807, 2.05) is 18.2 Å². The van der Waals surface area contributed by atoms with E-state index in [1.165, 1.54) is 12.5 Å². The summed E-state index contributed by atoms with van der Waals surface area (Å²) in [5, 5.41) is 5.82. The van der Waals surface area contributed by atoms with E-state index in [0.717, 1.165) is 12.8 Å². The summed E-state index contributed by atoms with van der Waals surface area (Å²) in [5.41, 5.74) is 1.89. The molecule has 1 saturated heterocycles. The highest BCUT2D eigenvalue weighted by atomic mass is 16.3. The zero-order valence-corrected chi connectivity index (χ0v) is 15.5. The van der Waals surface area contributed by atoms with Crippen LogP contribution in [-0.4, -0.2) is 35.7 Å². The van der Waals surface area contributed by atoms with Gasteiger partial charge in [-0.1, -0.05) is 6.07 Å². The third kappa shape index (κ3) is 4.24. The minimum Gasteiger partial charge on any atom is -0.472 e. The van der Waals surface area contributed by atoms with Gasteiger partial charge in [-0.15, -0.1) is 0 Å². The lowest BCUT2D eigenvalue weighted by Crippen LogP contribution is -2.41. The number of carbonyl (C=O) groups is 3. The molecule has 28 heavy (non-hydrogen) atoms. The van der Waals surface area contributed by atoms with Gasteiger partial charge in [-0.2, -0.15) is 0 Å². The number of hydrogen-bond donors (Lipinski definition) is 2. The summed E-state index contributed by atoms with van der Waals surface area (Å²) in [4.78, 5) is 38.6. The van der Waals surface area contributed by atoms with Crippen molar-refractivity contribution in [3.8, 4) is 0 Å². The lowest BCUT2D eigenvalue weighted by molar-refractivity contribution is -0.121. The van der Waals surface area contributed by atoms with E-state index in [-0.39, 0.29) is 29.6 Å². The van der Waals surface area contributed by atoms with E-state index in [4.69, 9.17) is 4.42 Å². The Balaban J connectivity index is 1.29. The summed E-state index contributed by atoms with van der Waals surface area (Å²) in [6, 6.07) is 8.86. The number of amides is 3. The number of rotatable bonds is 5. The maximum absolute atomic E-state index is 12.6. The Hall–Kier alpha value is -3.09. The molecule has 0 unspecified atom stereocenters. The molecule has 1 saturated carbocycles. The Labute approximate surface area is 163 Å². The first kappa shape index (κ1) is 18.3. The van der Waals surface area contributed by atoms with Gasteiger partial charge in [-0.05, 0) is 49.9 Å². The first-order valence-electron chi connectivity index (χ1n) is 9.63. The number of nitrogens with one attached hydrogen (secondary N) is 2. The molecule has 146 valence electrons. The van der Waals surface area contributed by atoms with Crippen LogP contribution < -0.4 is 10.6 Å². The number of anilines is 2. The van der Waals surface area contributed by atoms with Gasteiger partial charge in [0, 0.05) is 36.3 Å². The third-order valence-electron chi connectivity index (χ3n) is 5.27. The van der Waals surface area contributed by atoms with Crippen molar-refractivity contribution in [2.24, 2.45) is 11.8 Å². The zero-order chi connectivity index (χ0) is 19.5. The highest BCUT2D eigenvalue weighted by molar-refractivity contribution is 5.97. The fraction of sp³-hybridized carbons (Fsp3) is 0.381. The van der Waals surface area contributed by atoms with E-state index < -0.39 is 0 Å². The summed E-state index contributed by atoms with van der Waals surface area (Å²) in [6.45, 7) is 1.08. The molecule has 2 aromatic rings. The van der Waals surface area contributed by atoms with Crippen LogP contribution in [-0.2, 0) is 9.59 Å². The molecule has 1 aliphatic carbocycles. The minimum atomic E-state index is -0.141. The topological polar surface area (TPSA) is 91.7 Å². The van der Waals surface area contributed by atoms with Gasteiger partial charge in [0.2, 0.25) is 11.8 Å². The number of hydrogen-bond acceptors (Lipinski definition) is 4. The van der Waals surface area contributed by atoms with E-state index in [2.05, 4.69) is 10.6 Å². The molecule has 2 N–H and O–H groups in total. The molecule has 0 bridgehead atoms. The molecule has 0 atom stereocenters. The molecule has 2 fully saturated rings. The molecule has 0 spiro atoms. The van der Waals surface area contributed by atoms with Gasteiger partial charge >= 0.3 is 0 Å². The molecule has 4 rings (SSSR count). The quantitative estimate of drug-likeness (QED) is 0.832. The second-order valence-electron chi connectivity index (χ2n) is 7.41. The van der Waals surface area contributed by atoms with Gasteiger partial charge in [0.25, 0.3) is 5.91 Å². The van der Waals surface area contributed by atoms with Crippen LogP contribution in [0.1, 0.15) is 36.0 Å². The average Bonchev–Trinajstić information content (AvgIpc) is 3.42. The zero-order valence-electron chi connectivity index (χ0n) is 15.5. The SMILES string of the molecule is O=C(Nc1cccc(NC(=O)C2CCN(C(=O)c3ccoc3)CC2)c1)C1CC1. The second-order valence-corrected chi connectivity index (χ2v) is 7.41. The largest absolute Gasteiger partial charge is 0.472 e. The Morgan fingerprint density at radius 3 is 2.04 bits per heavy atom. The number of benzene rings is 1. The van der Waals surface area contributed by atoms with Crippen molar-refractivity contribution in [1.82, 2.24) is 4.90 Å². The van der Waals surface area contributed by atoms with Crippen molar-refractivity contribution in [2.75, 3.05) is 23.7 Å². The standard InChI is InChI=1S/C21H23N3O4/c25-19(14-4-5-14)22-17-2-1-3-18(12-17)23-20(26)15-6-9-24(10-7-15)21(27)16-8-11-28-13-16/h1-3,8,11-15H,4-7,9-10H2,(H,22,25)(H,23,26). The summed E-state index contributed by atoms with van der Waals surface area (Å²) in [5.74, 6) is -0.0859. The molecule has 7 heteroatoms. The van der Waals surface area contributed by atoms with E-state index in [0.29, 0.717) is 42.9 Å². The van der Waals surface area contributed by atoms with E-state index >= 15 is 0 Å². The van der Waals surface area contributed by atoms with Gasteiger partial charge in [0.05, 0.1) is 11.8 Å². The van der Waals surface area contributed by atoms with Crippen molar-refractivity contribution in [3.63, 3.8) is 0 Å². The predicted molar refractivity (Wildman–Crippen MR) is 104 cm³/mol. The van der Waals surface area contributed by atoms with Crippen molar-refractivity contribution in [3.05, 3.63) is 48.4 Å². The van der Waals surface area contributed by atoms with Gasteiger partial charge in [0.1, 0.15) is 6.26 Å². The number of likely N-dealkylation sites (tertiary alicyclic amines) is 1. The van der Waals surface area contributed by atoms with Crippen molar-refractivity contribution < 1.29 is 18.8 Å². The number of piperidine rings is 1. The van der Waals surface area contributed by atoms with Crippen LogP contribution in [0.3, 0.4) is 0 Å². The summed E-state index contributed by atoms with van der Waals surface area (Å²) in [6.07, 6.45) is 6.06. The lowest BCUT2D eigenvalue weighted by atomic mass is 9.95. The highest BCUT2D eigenvalue weighted by Crippen LogP contribution is 2.30. The van der Waals surface area contributed by atoms with Crippen LogP contribution in [0.2, 0.25) is 0 Å². The normalized spacial score (nSPS) is 17.2. The molecule has 0 radical (unpaired) electrons. The Bertz CT molecular complexity index is 866. The van der Waals surface area contributed by atoms with Crippen LogP contribution in [0.4, 0.5) is 11.4 Å². The summed E-state index contributed by atoms with van der Waals surface area (Å²) < 4.78 is 4.96. The smallest absolute Gasteiger partial charge is 0.257 e. The fourth-order valence-electron chi connectivity index (χ4n) is 3.42. The molecule has 2 heterocycles. The van der Waals surface area contributed by atoms with Crippen molar-refractivity contribution in [1.29, 1.82) is 0 Å². The Morgan fingerprint density at radius 1 is 0.893 bits per heavy atom. The monoisotopic (exact) mass is 381 g/mol. The number of furan rings is 1. The van der Waals surface area contributed by atoms with Crippen LogP contribution in [0.5, 0.6) is 0 Å². The maximum Gasteiger partial charge on any atom is 0.257 e. The summed E-state index contributed by atoms with van der Waals surface area (Å²) >= 11 is 0. The highest BCUT2D eigenvalue weighted by Gasteiger charge is 2.30. The predicted octanol–water partition coefficient (Wildman–Crippen LogP) is 3.12. The van der Waals surface area contributed by atoms with E-state index in [9.17, 15) is 14.4 Å². The molecule has 3 amide bonds. The van der Waals surface area contributed by atoms with Gasteiger partial charge in [-0.3, -0.25) is 14.4 Å². The third-order valence-corrected chi connectivity index (χ3v) is 5.27.